The van der Waals surface area contributed by atoms with Gasteiger partial charge in [0.2, 0.25) is 0 Å². The smallest absolute Gasteiger partial charge is 0.195 e. The monoisotopic (exact) mass is 263 g/mol. The molecule has 6 heteroatoms. The van der Waals surface area contributed by atoms with Crippen molar-refractivity contribution in [3.8, 4) is 0 Å². The van der Waals surface area contributed by atoms with Gasteiger partial charge in [0.25, 0.3) is 0 Å². The highest BCUT2D eigenvalue weighted by atomic mass is 32.2. The zero-order valence-electron chi connectivity index (χ0n) is 10.2. The molecule has 5 nitrogen and oxygen atoms in total. The van der Waals surface area contributed by atoms with Gasteiger partial charge in [-0.1, -0.05) is 17.8 Å². The van der Waals surface area contributed by atoms with Crippen molar-refractivity contribution in [3.63, 3.8) is 0 Å². The van der Waals surface area contributed by atoms with Crippen LogP contribution in [0.1, 0.15) is 0 Å². The zero-order chi connectivity index (χ0) is 12.2. The van der Waals surface area contributed by atoms with Crippen LogP contribution in [-0.2, 0) is 0 Å². The summed E-state index contributed by atoms with van der Waals surface area (Å²) in [5.41, 5.74) is 0.919. The van der Waals surface area contributed by atoms with Crippen LogP contribution < -0.4 is 5.32 Å². The van der Waals surface area contributed by atoms with E-state index < -0.39 is 0 Å². The minimum absolute atomic E-state index is 0.919. The summed E-state index contributed by atoms with van der Waals surface area (Å²) in [6, 6.07) is 5.98. The van der Waals surface area contributed by atoms with Gasteiger partial charge in [0, 0.05) is 44.7 Å². The number of hydrogen-bond acceptors (Lipinski definition) is 5. The van der Waals surface area contributed by atoms with Gasteiger partial charge in [-0.3, -0.25) is 9.30 Å². The molecule has 0 atom stereocenters. The summed E-state index contributed by atoms with van der Waals surface area (Å²) in [6.07, 6.45) is 2.02. The van der Waals surface area contributed by atoms with E-state index in [-0.39, 0.29) is 0 Å². The first-order valence-electron chi connectivity index (χ1n) is 6.29. The number of aromatic nitrogens is 3. The number of pyridine rings is 1. The van der Waals surface area contributed by atoms with E-state index in [0.29, 0.717) is 0 Å². The molecule has 1 N–H and O–H groups in total. The van der Waals surface area contributed by atoms with Crippen LogP contribution in [0.3, 0.4) is 0 Å². The highest BCUT2D eigenvalue weighted by molar-refractivity contribution is 7.99. The molecule has 3 heterocycles. The van der Waals surface area contributed by atoms with Gasteiger partial charge in [-0.05, 0) is 12.1 Å². The standard InChI is InChI=1S/C12H17N5S/c1-2-6-17-11(3-1)14-15-12(17)18-10-9-16-7-4-13-5-8-16/h1-3,6,13H,4-5,7-10H2. The zero-order valence-corrected chi connectivity index (χ0v) is 11.1. The molecule has 2 aromatic heterocycles. The Balaban J connectivity index is 1.56. The molecule has 3 rings (SSSR count). The summed E-state index contributed by atoms with van der Waals surface area (Å²) in [4.78, 5) is 2.49. The fourth-order valence-corrected chi connectivity index (χ4v) is 3.04. The Labute approximate surface area is 111 Å². The Bertz CT molecular complexity index is 506. The van der Waals surface area contributed by atoms with Crippen molar-refractivity contribution in [2.24, 2.45) is 0 Å². The molecule has 1 aliphatic heterocycles. The van der Waals surface area contributed by atoms with E-state index >= 15 is 0 Å². The maximum absolute atomic E-state index is 4.22. The van der Waals surface area contributed by atoms with E-state index in [2.05, 4.69) is 20.4 Å². The van der Waals surface area contributed by atoms with Crippen LogP contribution in [0.2, 0.25) is 0 Å². The lowest BCUT2D eigenvalue weighted by Gasteiger charge is -2.26. The molecule has 2 aromatic rings. The summed E-state index contributed by atoms with van der Waals surface area (Å²) < 4.78 is 2.04. The van der Waals surface area contributed by atoms with Crippen molar-refractivity contribution in [3.05, 3.63) is 24.4 Å². The van der Waals surface area contributed by atoms with Gasteiger partial charge in [0.15, 0.2) is 10.8 Å². The molecule has 0 bridgehead atoms. The predicted octanol–water partition coefficient (Wildman–Crippen LogP) is 0.727. The summed E-state index contributed by atoms with van der Waals surface area (Å²) in [6.45, 7) is 5.65. The van der Waals surface area contributed by atoms with Gasteiger partial charge < -0.3 is 5.32 Å². The van der Waals surface area contributed by atoms with E-state index in [0.717, 1.165) is 49.3 Å². The average Bonchev–Trinajstić information content (AvgIpc) is 2.84. The first-order valence-corrected chi connectivity index (χ1v) is 7.28. The molecule has 96 valence electrons. The predicted molar refractivity (Wildman–Crippen MR) is 73.0 cm³/mol. The highest BCUT2D eigenvalue weighted by Gasteiger charge is 2.10. The van der Waals surface area contributed by atoms with Crippen LogP contribution in [0, 0.1) is 0 Å². The number of rotatable bonds is 4. The Morgan fingerprint density at radius 3 is 3.00 bits per heavy atom. The normalized spacial score (nSPS) is 17.3. The van der Waals surface area contributed by atoms with Crippen molar-refractivity contribution in [1.29, 1.82) is 0 Å². The second-order valence-electron chi connectivity index (χ2n) is 4.35. The molecule has 0 amide bonds. The number of piperazine rings is 1. The van der Waals surface area contributed by atoms with Crippen LogP contribution in [-0.4, -0.2) is 58.0 Å². The minimum atomic E-state index is 0.919. The van der Waals surface area contributed by atoms with Gasteiger partial charge in [0.05, 0.1) is 0 Å². The lowest BCUT2D eigenvalue weighted by molar-refractivity contribution is 0.255. The molecular weight excluding hydrogens is 246 g/mol. The Morgan fingerprint density at radius 2 is 2.11 bits per heavy atom. The first kappa shape index (κ1) is 12.0. The summed E-state index contributed by atoms with van der Waals surface area (Å²) in [5.74, 6) is 1.07. The molecule has 0 saturated carbocycles. The SMILES string of the molecule is c1ccn2c(SCCN3CCNCC3)nnc2c1. The summed E-state index contributed by atoms with van der Waals surface area (Å²) >= 11 is 1.78. The van der Waals surface area contributed by atoms with Crippen molar-refractivity contribution >= 4 is 17.4 Å². The molecular formula is C12H17N5S. The lowest BCUT2D eigenvalue weighted by Crippen LogP contribution is -2.44. The van der Waals surface area contributed by atoms with Crippen LogP contribution in [0.5, 0.6) is 0 Å². The van der Waals surface area contributed by atoms with Crippen LogP contribution in [0.4, 0.5) is 0 Å². The van der Waals surface area contributed by atoms with Crippen LogP contribution >= 0.6 is 11.8 Å². The van der Waals surface area contributed by atoms with E-state index in [1.165, 1.54) is 0 Å². The Morgan fingerprint density at radius 1 is 1.22 bits per heavy atom. The van der Waals surface area contributed by atoms with E-state index in [1.807, 2.05) is 28.8 Å². The lowest BCUT2D eigenvalue weighted by atomic mass is 10.4. The van der Waals surface area contributed by atoms with E-state index in [4.69, 9.17) is 0 Å². The Kier molecular flexibility index (Phi) is 3.78. The van der Waals surface area contributed by atoms with Gasteiger partial charge in [-0.25, -0.2) is 0 Å². The van der Waals surface area contributed by atoms with Gasteiger partial charge in [0.1, 0.15) is 0 Å². The Hall–Kier alpha value is -1.11. The quantitative estimate of drug-likeness (QED) is 0.824. The van der Waals surface area contributed by atoms with Crippen molar-refractivity contribution < 1.29 is 0 Å². The molecule has 1 saturated heterocycles. The second kappa shape index (κ2) is 5.69. The van der Waals surface area contributed by atoms with Gasteiger partial charge in [-0.15, -0.1) is 10.2 Å². The maximum atomic E-state index is 4.22. The average molecular weight is 263 g/mol. The third kappa shape index (κ3) is 2.66. The topological polar surface area (TPSA) is 45.5 Å². The molecule has 0 unspecified atom stereocenters. The highest BCUT2D eigenvalue weighted by Crippen LogP contribution is 2.16. The molecule has 0 aliphatic carbocycles. The fraction of sp³-hybridized carbons (Fsp3) is 0.500. The van der Waals surface area contributed by atoms with Crippen LogP contribution in [0.25, 0.3) is 5.65 Å². The minimum Gasteiger partial charge on any atom is -0.314 e. The largest absolute Gasteiger partial charge is 0.314 e. The summed E-state index contributed by atoms with van der Waals surface area (Å²) in [5, 5.41) is 12.7. The van der Waals surface area contributed by atoms with E-state index in [1.54, 1.807) is 11.8 Å². The maximum Gasteiger partial charge on any atom is 0.195 e. The van der Waals surface area contributed by atoms with Gasteiger partial charge in [-0.2, -0.15) is 0 Å². The van der Waals surface area contributed by atoms with Crippen molar-refractivity contribution in [1.82, 2.24) is 24.8 Å². The molecule has 0 spiro atoms. The fourth-order valence-electron chi connectivity index (χ4n) is 2.12. The number of hydrogen-bond donors (Lipinski definition) is 1. The number of fused-ring (bicyclic) bond motifs is 1. The van der Waals surface area contributed by atoms with Crippen molar-refractivity contribution in [2.45, 2.75) is 5.16 Å². The first-order chi connectivity index (χ1) is 8.93. The third-order valence-corrected chi connectivity index (χ3v) is 4.05. The molecule has 0 radical (unpaired) electrons. The van der Waals surface area contributed by atoms with Crippen molar-refractivity contribution in [2.75, 3.05) is 38.5 Å². The van der Waals surface area contributed by atoms with Crippen LogP contribution in [0.15, 0.2) is 29.6 Å². The number of thioether (sulfide) groups is 1. The number of nitrogens with zero attached hydrogens (tertiary/aromatic N) is 4. The number of nitrogens with one attached hydrogen (secondary N) is 1. The molecule has 18 heavy (non-hydrogen) atoms. The second-order valence-corrected chi connectivity index (χ2v) is 5.41. The van der Waals surface area contributed by atoms with E-state index in [9.17, 15) is 0 Å². The molecule has 1 aliphatic rings. The third-order valence-electron chi connectivity index (χ3n) is 3.13. The molecule has 1 fully saturated rings. The van der Waals surface area contributed by atoms with Gasteiger partial charge >= 0.3 is 0 Å². The molecule has 0 aromatic carbocycles. The summed E-state index contributed by atoms with van der Waals surface area (Å²) in [7, 11) is 0.